The molecule has 2 nitrogen and oxygen atoms in total. The number of halogens is 5. The molecule has 2 rings (SSSR count). The highest BCUT2D eigenvalue weighted by Gasteiger charge is 2.37. The van der Waals surface area contributed by atoms with Gasteiger partial charge in [-0.3, -0.25) is 0 Å². The number of hydrogen-bond donors (Lipinski definition) is 1. The van der Waals surface area contributed by atoms with Crippen LogP contribution in [-0.2, 0) is 10.9 Å². The molecule has 18 heavy (non-hydrogen) atoms. The second-order valence-electron chi connectivity index (χ2n) is 3.78. The molecule has 1 heterocycles. The third-order valence-electron chi connectivity index (χ3n) is 2.63. The Hall–Kier alpha value is -0.850. The van der Waals surface area contributed by atoms with Gasteiger partial charge in [-0.25, -0.2) is 4.39 Å². The quantitative estimate of drug-likeness (QED) is 0.801. The van der Waals surface area contributed by atoms with Crippen molar-refractivity contribution in [2.24, 2.45) is 0 Å². The molecular weight excluding hydrogens is 274 g/mol. The molecule has 0 amide bonds. The zero-order chi connectivity index (χ0) is 12.5. The lowest BCUT2D eigenvalue weighted by Crippen LogP contribution is -2.36. The van der Waals surface area contributed by atoms with E-state index in [1.165, 1.54) is 0 Å². The SMILES string of the molecule is Cl.Fc1cccc(C(F)(F)F)c1[C@@H]1COCCN1. The zero-order valence-corrected chi connectivity index (χ0v) is 10.1. The summed E-state index contributed by atoms with van der Waals surface area (Å²) in [5.41, 5.74) is -1.31. The fourth-order valence-electron chi connectivity index (χ4n) is 1.89. The first-order valence-electron chi connectivity index (χ1n) is 5.17. The van der Waals surface area contributed by atoms with Crippen molar-refractivity contribution < 1.29 is 22.3 Å². The summed E-state index contributed by atoms with van der Waals surface area (Å²) in [4.78, 5) is 0. The van der Waals surface area contributed by atoms with Crippen LogP contribution in [0.15, 0.2) is 18.2 Å². The topological polar surface area (TPSA) is 21.3 Å². The maximum absolute atomic E-state index is 13.6. The first-order valence-corrected chi connectivity index (χ1v) is 5.17. The van der Waals surface area contributed by atoms with Gasteiger partial charge in [0.2, 0.25) is 0 Å². The summed E-state index contributed by atoms with van der Waals surface area (Å²) >= 11 is 0. The summed E-state index contributed by atoms with van der Waals surface area (Å²) in [5, 5.41) is 2.82. The molecule has 0 aliphatic carbocycles. The molecule has 1 N–H and O–H groups in total. The zero-order valence-electron chi connectivity index (χ0n) is 9.26. The fourth-order valence-corrected chi connectivity index (χ4v) is 1.89. The summed E-state index contributed by atoms with van der Waals surface area (Å²) in [6, 6.07) is 2.22. The first kappa shape index (κ1) is 15.2. The lowest BCUT2D eigenvalue weighted by molar-refractivity contribution is -0.139. The molecule has 0 saturated carbocycles. The molecule has 0 radical (unpaired) electrons. The van der Waals surface area contributed by atoms with E-state index in [1.807, 2.05) is 0 Å². The minimum absolute atomic E-state index is 0. The Kier molecular flexibility index (Phi) is 4.95. The Morgan fingerprint density at radius 2 is 2.00 bits per heavy atom. The number of rotatable bonds is 1. The van der Waals surface area contributed by atoms with Crippen molar-refractivity contribution in [3.05, 3.63) is 35.1 Å². The Labute approximate surface area is 108 Å². The number of hydrogen-bond acceptors (Lipinski definition) is 2. The van der Waals surface area contributed by atoms with Crippen LogP contribution in [0.25, 0.3) is 0 Å². The second kappa shape index (κ2) is 5.86. The van der Waals surface area contributed by atoms with Crippen molar-refractivity contribution in [1.29, 1.82) is 0 Å². The van der Waals surface area contributed by atoms with Crippen LogP contribution in [0.5, 0.6) is 0 Å². The van der Waals surface area contributed by atoms with Gasteiger partial charge in [0.1, 0.15) is 5.82 Å². The predicted molar refractivity (Wildman–Crippen MR) is 60.2 cm³/mol. The molecule has 1 aliphatic heterocycles. The largest absolute Gasteiger partial charge is 0.416 e. The molecular formula is C11H12ClF4NO. The summed E-state index contributed by atoms with van der Waals surface area (Å²) in [5.74, 6) is -0.858. The van der Waals surface area contributed by atoms with E-state index in [4.69, 9.17) is 4.74 Å². The van der Waals surface area contributed by atoms with Crippen molar-refractivity contribution in [3.63, 3.8) is 0 Å². The molecule has 0 spiro atoms. The number of benzene rings is 1. The van der Waals surface area contributed by atoms with Crippen molar-refractivity contribution in [2.75, 3.05) is 19.8 Å². The van der Waals surface area contributed by atoms with E-state index < -0.39 is 23.6 Å². The minimum atomic E-state index is -4.56. The van der Waals surface area contributed by atoms with Crippen LogP contribution in [0.1, 0.15) is 17.2 Å². The number of alkyl halides is 3. The summed E-state index contributed by atoms with van der Waals surface area (Å²) in [6.07, 6.45) is -4.56. The lowest BCUT2D eigenvalue weighted by atomic mass is 9.99. The Morgan fingerprint density at radius 3 is 2.56 bits per heavy atom. The van der Waals surface area contributed by atoms with Crippen LogP contribution in [-0.4, -0.2) is 19.8 Å². The molecule has 0 unspecified atom stereocenters. The van der Waals surface area contributed by atoms with E-state index in [1.54, 1.807) is 0 Å². The van der Waals surface area contributed by atoms with E-state index in [0.29, 0.717) is 13.2 Å². The molecule has 0 bridgehead atoms. The van der Waals surface area contributed by atoms with Crippen LogP contribution in [0.4, 0.5) is 17.6 Å². The number of morpholine rings is 1. The second-order valence-corrected chi connectivity index (χ2v) is 3.78. The monoisotopic (exact) mass is 285 g/mol. The van der Waals surface area contributed by atoms with Crippen LogP contribution < -0.4 is 5.32 Å². The van der Waals surface area contributed by atoms with E-state index in [0.717, 1.165) is 18.2 Å². The maximum atomic E-state index is 13.6. The van der Waals surface area contributed by atoms with Gasteiger partial charge in [0.05, 0.1) is 24.8 Å². The van der Waals surface area contributed by atoms with Gasteiger partial charge in [0, 0.05) is 12.1 Å². The minimum Gasteiger partial charge on any atom is -0.378 e. The Balaban J connectivity index is 0.00000162. The molecule has 1 aromatic carbocycles. The maximum Gasteiger partial charge on any atom is 0.416 e. The summed E-state index contributed by atoms with van der Waals surface area (Å²) in [7, 11) is 0. The molecule has 0 aromatic heterocycles. The lowest BCUT2D eigenvalue weighted by Gasteiger charge is -2.27. The van der Waals surface area contributed by atoms with E-state index >= 15 is 0 Å². The highest BCUT2D eigenvalue weighted by Crippen LogP contribution is 2.36. The molecule has 1 aromatic rings. The fraction of sp³-hybridized carbons (Fsp3) is 0.455. The molecule has 1 aliphatic rings. The van der Waals surface area contributed by atoms with Gasteiger partial charge in [-0.2, -0.15) is 13.2 Å². The van der Waals surface area contributed by atoms with E-state index in [-0.39, 0.29) is 24.6 Å². The van der Waals surface area contributed by atoms with Crippen LogP contribution in [0, 0.1) is 5.82 Å². The van der Waals surface area contributed by atoms with Crippen molar-refractivity contribution in [1.82, 2.24) is 5.32 Å². The highest BCUT2D eigenvalue weighted by molar-refractivity contribution is 5.85. The van der Waals surface area contributed by atoms with Gasteiger partial charge >= 0.3 is 6.18 Å². The van der Waals surface area contributed by atoms with Crippen molar-refractivity contribution in [3.8, 4) is 0 Å². The normalized spacial score (nSPS) is 20.3. The van der Waals surface area contributed by atoms with Crippen LogP contribution >= 0.6 is 12.4 Å². The van der Waals surface area contributed by atoms with Gasteiger partial charge in [-0.15, -0.1) is 12.4 Å². The summed E-state index contributed by atoms with van der Waals surface area (Å²) in [6.45, 7) is 0.882. The molecule has 1 saturated heterocycles. The van der Waals surface area contributed by atoms with Crippen LogP contribution in [0.3, 0.4) is 0 Å². The van der Waals surface area contributed by atoms with Gasteiger partial charge in [0.15, 0.2) is 0 Å². The average Bonchev–Trinajstić information content (AvgIpc) is 2.28. The van der Waals surface area contributed by atoms with E-state index in [9.17, 15) is 17.6 Å². The Morgan fingerprint density at radius 1 is 1.28 bits per heavy atom. The number of nitrogens with one attached hydrogen (secondary N) is 1. The highest BCUT2D eigenvalue weighted by atomic mass is 35.5. The van der Waals surface area contributed by atoms with Gasteiger partial charge < -0.3 is 10.1 Å². The standard InChI is InChI=1S/C11H11F4NO.ClH/c12-8-3-1-2-7(11(13,14)15)10(8)9-6-17-5-4-16-9;/h1-3,9,16H,4-6H2;1H/t9-;/m0./s1. The van der Waals surface area contributed by atoms with Gasteiger partial charge in [-0.1, -0.05) is 6.07 Å². The molecule has 1 atom stereocenters. The predicted octanol–water partition coefficient (Wildman–Crippen LogP) is 2.93. The number of ether oxygens (including phenoxy) is 1. The average molecular weight is 286 g/mol. The van der Waals surface area contributed by atoms with Gasteiger partial charge in [0.25, 0.3) is 0 Å². The summed E-state index contributed by atoms with van der Waals surface area (Å²) < 4.78 is 56.9. The van der Waals surface area contributed by atoms with Crippen molar-refractivity contribution in [2.45, 2.75) is 12.2 Å². The molecule has 1 fully saturated rings. The third-order valence-corrected chi connectivity index (χ3v) is 2.63. The molecule has 7 heteroatoms. The van der Waals surface area contributed by atoms with Crippen LogP contribution in [0.2, 0.25) is 0 Å². The first-order chi connectivity index (χ1) is 8.00. The van der Waals surface area contributed by atoms with Gasteiger partial charge in [-0.05, 0) is 12.1 Å². The Bertz CT molecular complexity index is 405. The van der Waals surface area contributed by atoms with E-state index in [2.05, 4.69) is 5.32 Å². The molecule has 102 valence electrons. The third kappa shape index (κ3) is 3.13. The van der Waals surface area contributed by atoms with Crippen molar-refractivity contribution >= 4 is 12.4 Å². The smallest absolute Gasteiger partial charge is 0.378 e.